The summed E-state index contributed by atoms with van der Waals surface area (Å²) < 4.78 is 4.73. The van der Waals surface area contributed by atoms with Gasteiger partial charge in [0.05, 0.1) is 19.8 Å². The lowest BCUT2D eigenvalue weighted by atomic mass is 9.91. The quantitative estimate of drug-likeness (QED) is 0.601. The molecule has 0 unspecified atom stereocenters. The van der Waals surface area contributed by atoms with Gasteiger partial charge in [-0.1, -0.05) is 0 Å². The fourth-order valence-corrected chi connectivity index (χ4v) is 2.54. The van der Waals surface area contributed by atoms with Crippen molar-refractivity contribution in [3.63, 3.8) is 0 Å². The van der Waals surface area contributed by atoms with Gasteiger partial charge in [-0.25, -0.2) is 0 Å². The maximum atomic E-state index is 11.7. The van der Waals surface area contributed by atoms with Gasteiger partial charge >= 0.3 is 5.97 Å². The van der Waals surface area contributed by atoms with Crippen LogP contribution in [0.2, 0.25) is 0 Å². The van der Waals surface area contributed by atoms with E-state index in [0.29, 0.717) is 0 Å². The summed E-state index contributed by atoms with van der Waals surface area (Å²) >= 11 is 0. The number of carbonyl (C=O) groups excluding carboxylic acids is 1. The van der Waals surface area contributed by atoms with Gasteiger partial charge in [-0.15, -0.1) is 0 Å². The Bertz CT molecular complexity index is 272. The molecule has 2 heterocycles. The molecule has 2 aliphatic rings. The zero-order valence-electron chi connectivity index (χ0n) is 9.20. The third kappa shape index (κ3) is 1.82. The number of nitrogens with zero attached hydrogens (tertiary/aromatic N) is 1. The number of ether oxygens (including phenoxy) is 1. The van der Waals surface area contributed by atoms with Gasteiger partial charge in [0.1, 0.15) is 18.1 Å². The van der Waals surface area contributed by atoms with E-state index >= 15 is 0 Å². The molecular weight excluding hydrogens is 214 g/mol. The Hall–Kier alpha value is -0.690. The standard InChI is InChI=1S/C10H17NO5/c1-15-10(14)8-6-3-2-4-11(6)16-9(8)7(13)5-12/h6-9,12-13H,2-5H2,1H3/t6-,7+,8+,9-/m1/s1. The lowest BCUT2D eigenvalue weighted by molar-refractivity contribution is -0.182. The molecule has 92 valence electrons. The molecule has 0 bridgehead atoms. The van der Waals surface area contributed by atoms with E-state index in [0.717, 1.165) is 19.4 Å². The van der Waals surface area contributed by atoms with Crippen molar-refractivity contribution < 1.29 is 24.6 Å². The Kier molecular flexibility index (Phi) is 3.44. The smallest absolute Gasteiger partial charge is 0.313 e. The highest BCUT2D eigenvalue weighted by atomic mass is 16.7. The normalized spacial score (nSPS) is 36.1. The Morgan fingerprint density at radius 2 is 2.44 bits per heavy atom. The van der Waals surface area contributed by atoms with E-state index < -0.39 is 24.7 Å². The van der Waals surface area contributed by atoms with Crippen molar-refractivity contribution in [3.05, 3.63) is 0 Å². The minimum Gasteiger partial charge on any atom is -0.469 e. The van der Waals surface area contributed by atoms with Crippen molar-refractivity contribution >= 4 is 5.97 Å². The second-order valence-electron chi connectivity index (χ2n) is 4.22. The summed E-state index contributed by atoms with van der Waals surface area (Å²) in [6.07, 6.45) is 0.0894. The van der Waals surface area contributed by atoms with Crippen LogP contribution >= 0.6 is 0 Å². The van der Waals surface area contributed by atoms with Crippen LogP contribution in [-0.4, -0.2) is 59.8 Å². The van der Waals surface area contributed by atoms with Crippen molar-refractivity contribution in [2.24, 2.45) is 5.92 Å². The second-order valence-corrected chi connectivity index (χ2v) is 4.22. The van der Waals surface area contributed by atoms with Crippen LogP contribution in [0.5, 0.6) is 0 Å². The second kappa shape index (κ2) is 4.67. The molecule has 2 N–H and O–H groups in total. The van der Waals surface area contributed by atoms with Crippen LogP contribution in [0.15, 0.2) is 0 Å². The number of aliphatic hydroxyl groups excluding tert-OH is 2. The molecule has 0 aromatic heterocycles. The first kappa shape index (κ1) is 11.8. The predicted octanol–water partition coefficient (Wildman–Crippen LogP) is -1.09. The molecule has 2 saturated heterocycles. The highest BCUT2D eigenvalue weighted by Crippen LogP contribution is 2.37. The van der Waals surface area contributed by atoms with E-state index in [1.54, 1.807) is 5.06 Å². The third-order valence-electron chi connectivity index (χ3n) is 3.31. The topological polar surface area (TPSA) is 79.2 Å². The Labute approximate surface area is 93.7 Å². The van der Waals surface area contributed by atoms with Gasteiger partial charge in [-0.05, 0) is 12.8 Å². The first-order chi connectivity index (χ1) is 7.69. The number of esters is 1. The number of carbonyl (C=O) groups is 1. The van der Waals surface area contributed by atoms with Crippen LogP contribution in [0.3, 0.4) is 0 Å². The highest BCUT2D eigenvalue weighted by Gasteiger charge is 2.52. The first-order valence-corrected chi connectivity index (χ1v) is 5.49. The Morgan fingerprint density at radius 3 is 3.06 bits per heavy atom. The number of aliphatic hydroxyl groups is 2. The summed E-state index contributed by atoms with van der Waals surface area (Å²) in [4.78, 5) is 17.2. The number of fused-ring (bicyclic) bond motifs is 1. The number of rotatable bonds is 3. The summed E-state index contributed by atoms with van der Waals surface area (Å²) in [5.41, 5.74) is 0. The van der Waals surface area contributed by atoms with Gasteiger partial charge < -0.3 is 14.9 Å². The maximum absolute atomic E-state index is 11.7. The SMILES string of the molecule is COC(=O)[C@@H]1[C@@H]([C@@H](O)CO)ON2CCC[C@H]12. The van der Waals surface area contributed by atoms with Crippen LogP contribution in [0.4, 0.5) is 0 Å². The lowest BCUT2D eigenvalue weighted by Crippen LogP contribution is -2.41. The zero-order valence-corrected chi connectivity index (χ0v) is 9.20. The van der Waals surface area contributed by atoms with Gasteiger partial charge in [0.15, 0.2) is 0 Å². The van der Waals surface area contributed by atoms with Crippen molar-refractivity contribution in [2.75, 3.05) is 20.3 Å². The molecule has 2 fully saturated rings. The fourth-order valence-electron chi connectivity index (χ4n) is 2.54. The van der Waals surface area contributed by atoms with Crippen molar-refractivity contribution in [1.82, 2.24) is 5.06 Å². The average molecular weight is 231 g/mol. The predicted molar refractivity (Wildman–Crippen MR) is 53.2 cm³/mol. The summed E-state index contributed by atoms with van der Waals surface area (Å²) in [5.74, 6) is -0.887. The molecule has 0 aliphatic carbocycles. The maximum Gasteiger partial charge on any atom is 0.313 e. The van der Waals surface area contributed by atoms with Crippen molar-refractivity contribution in [3.8, 4) is 0 Å². The van der Waals surface area contributed by atoms with E-state index in [-0.39, 0.29) is 12.0 Å². The van der Waals surface area contributed by atoms with Crippen LogP contribution in [-0.2, 0) is 14.4 Å². The third-order valence-corrected chi connectivity index (χ3v) is 3.31. The summed E-state index contributed by atoms with van der Waals surface area (Å²) in [6, 6.07) is -0.0290. The van der Waals surface area contributed by atoms with Gasteiger partial charge in [-0.3, -0.25) is 9.63 Å². The number of methoxy groups -OCH3 is 1. The summed E-state index contributed by atoms with van der Waals surface area (Å²) in [6.45, 7) is 0.339. The molecule has 4 atom stereocenters. The molecule has 6 nitrogen and oxygen atoms in total. The monoisotopic (exact) mass is 231 g/mol. The minimum atomic E-state index is -1.05. The molecule has 16 heavy (non-hydrogen) atoms. The van der Waals surface area contributed by atoms with E-state index in [9.17, 15) is 9.90 Å². The number of hydrogen-bond acceptors (Lipinski definition) is 6. The van der Waals surface area contributed by atoms with Crippen LogP contribution in [0.1, 0.15) is 12.8 Å². The zero-order chi connectivity index (χ0) is 11.7. The highest BCUT2D eigenvalue weighted by molar-refractivity contribution is 5.74. The lowest BCUT2D eigenvalue weighted by Gasteiger charge is -2.21. The van der Waals surface area contributed by atoms with Gasteiger partial charge in [-0.2, -0.15) is 5.06 Å². The van der Waals surface area contributed by atoms with Crippen molar-refractivity contribution in [2.45, 2.75) is 31.1 Å². The molecule has 0 saturated carbocycles. The van der Waals surface area contributed by atoms with Crippen LogP contribution in [0.25, 0.3) is 0 Å². The average Bonchev–Trinajstić information content (AvgIpc) is 2.86. The molecule has 0 amide bonds. The molecule has 2 rings (SSSR count). The first-order valence-electron chi connectivity index (χ1n) is 5.49. The van der Waals surface area contributed by atoms with Crippen LogP contribution in [0, 0.1) is 5.92 Å². The Morgan fingerprint density at radius 1 is 1.69 bits per heavy atom. The molecule has 0 radical (unpaired) electrons. The Balaban J connectivity index is 2.16. The van der Waals surface area contributed by atoms with Gasteiger partial charge in [0, 0.05) is 6.54 Å². The molecule has 6 heteroatoms. The molecule has 2 aliphatic heterocycles. The van der Waals surface area contributed by atoms with Crippen molar-refractivity contribution in [1.29, 1.82) is 0 Å². The van der Waals surface area contributed by atoms with E-state index in [1.807, 2.05) is 0 Å². The van der Waals surface area contributed by atoms with E-state index in [2.05, 4.69) is 0 Å². The molecular formula is C10H17NO5. The number of hydrogen-bond donors (Lipinski definition) is 2. The summed E-state index contributed by atoms with van der Waals surface area (Å²) in [7, 11) is 1.32. The van der Waals surface area contributed by atoms with E-state index in [1.165, 1.54) is 7.11 Å². The summed E-state index contributed by atoms with van der Waals surface area (Å²) in [5, 5.41) is 20.3. The van der Waals surface area contributed by atoms with Crippen LogP contribution < -0.4 is 0 Å². The number of hydroxylamine groups is 2. The van der Waals surface area contributed by atoms with Gasteiger partial charge in [0.25, 0.3) is 0 Å². The molecule has 0 spiro atoms. The van der Waals surface area contributed by atoms with Gasteiger partial charge in [0.2, 0.25) is 0 Å². The largest absolute Gasteiger partial charge is 0.469 e. The van der Waals surface area contributed by atoms with E-state index in [4.69, 9.17) is 14.7 Å². The minimum absolute atomic E-state index is 0.0290. The molecule has 0 aromatic rings. The fraction of sp³-hybridized carbons (Fsp3) is 0.900. The molecule has 0 aromatic carbocycles.